The Bertz CT molecular complexity index is 697. The van der Waals surface area contributed by atoms with Gasteiger partial charge in [0.05, 0.1) is 18.6 Å². The van der Waals surface area contributed by atoms with Crippen LogP contribution >= 0.6 is 11.6 Å². The molecule has 24 heavy (non-hydrogen) atoms. The van der Waals surface area contributed by atoms with E-state index in [4.69, 9.17) is 16.3 Å². The van der Waals surface area contributed by atoms with Crippen molar-refractivity contribution in [2.24, 2.45) is 5.92 Å². The Morgan fingerprint density at radius 3 is 2.50 bits per heavy atom. The van der Waals surface area contributed by atoms with Crippen molar-refractivity contribution in [3.05, 3.63) is 40.6 Å². The molecule has 128 valence electrons. The van der Waals surface area contributed by atoms with Gasteiger partial charge in [0, 0.05) is 29.4 Å². The number of nitrogens with one attached hydrogen (secondary N) is 1. The molecule has 0 fully saturated rings. The molecule has 1 N–H and O–H groups in total. The fourth-order valence-corrected chi connectivity index (χ4v) is 2.90. The smallest absolute Gasteiger partial charge is 0.336 e. The second kappa shape index (κ2) is 7.49. The van der Waals surface area contributed by atoms with E-state index in [0.29, 0.717) is 23.0 Å². The zero-order valence-corrected chi connectivity index (χ0v) is 14.5. The van der Waals surface area contributed by atoms with Crippen LogP contribution in [0.25, 0.3) is 0 Å². The lowest BCUT2D eigenvalue weighted by molar-refractivity contribution is -0.139. The second-order valence-electron chi connectivity index (χ2n) is 5.35. The Labute approximate surface area is 145 Å². The molecule has 1 aliphatic heterocycles. The maximum Gasteiger partial charge on any atom is 0.336 e. The van der Waals surface area contributed by atoms with Gasteiger partial charge in [-0.15, -0.1) is 0 Å². The second-order valence-corrected chi connectivity index (χ2v) is 5.78. The number of rotatable bonds is 4. The summed E-state index contributed by atoms with van der Waals surface area (Å²) in [5.74, 6) is -2.09. The molecule has 1 aromatic rings. The Morgan fingerprint density at radius 1 is 1.33 bits per heavy atom. The highest BCUT2D eigenvalue weighted by molar-refractivity contribution is 6.30. The summed E-state index contributed by atoms with van der Waals surface area (Å²) in [6, 6.07) is 6.69. The lowest BCUT2D eigenvalue weighted by Crippen LogP contribution is -2.44. The Balaban J connectivity index is 2.52. The lowest BCUT2D eigenvalue weighted by atomic mass is 9.88. The van der Waals surface area contributed by atoms with Gasteiger partial charge >= 0.3 is 5.97 Å². The number of methoxy groups -OCH3 is 1. The number of hydrogen-bond donors (Lipinski definition) is 1. The van der Waals surface area contributed by atoms with E-state index in [0.717, 1.165) is 0 Å². The van der Waals surface area contributed by atoms with Crippen molar-refractivity contribution in [3.63, 3.8) is 0 Å². The molecule has 0 saturated heterocycles. The number of amides is 2. The monoisotopic (exact) mass is 350 g/mol. The van der Waals surface area contributed by atoms with Gasteiger partial charge in [0.1, 0.15) is 0 Å². The Morgan fingerprint density at radius 2 is 1.96 bits per heavy atom. The molecule has 0 saturated carbocycles. The maximum absolute atomic E-state index is 12.6. The number of halogens is 1. The third-order valence-electron chi connectivity index (χ3n) is 3.86. The van der Waals surface area contributed by atoms with Gasteiger partial charge in [0.25, 0.3) is 0 Å². The molecular formula is C17H19ClN2O4. The predicted octanol–water partition coefficient (Wildman–Crippen LogP) is 2.28. The quantitative estimate of drug-likeness (QED) is 0.845. The van der Waals surface area contributed by atoms with Crippen LogP contribution in [0.5, 0.6) is 0 Å². The van der Waals surface area contributed by atoms with Crippen molar-refractivity contribution in [1.82, 2.24) is 5.32 Å². The van der Waals surface area contributed by atoms with Gasteiger partial charge < -0.3 is 10.1 Å². The summed E-state index contributed by atoms with van der Waals surface area (Å²) >= 11 is 5.88. The Kier molecular flexibility index (Phi) is 5.62. The number of nitrogens with zero attached hydrogens (tertiary/aromatic N) is 1. The molecule has 0 aromatic heterocycles. The number of carbonyl (C=O) groups excluding carboxylic acids is 3. The summed E-state index contributed by atoms with van der Waals surface area (Å²) < 4.78 is 4.82. The highest BCUT2D eigenvalue weighted by atomic mass is 35.5. The zero-order valence-electron chi connectivity index (χ0n) is 13.8. The zero-order chi connectivity index (χ0) is 17.9. The molecule has 0 aliphatic carbocycles. The predicted molar refractivity (Wildman–Crippen MR) is 90.4 cm³/mol. The van der Waals surface area contributed by atoms with Gasteiger partial charge in [-0.1, -0.05) is 11.6 Å². The molecule has 6 nitrogen and oxygen atoms in total. The van der Waals surface area contributed by atoms with E-state index in [1.807, 2.05) is 0 Å². The van der Waals surface area contributed by atoms with Gasteiger partial charge in [-0.05, 0) is 38.1 Å². The SMILES string of the molecule is CCNC(=O)[C@H]1CC(=O)N(c2ccc(Cl)cc2)C(C)=C1C(=O)OC. The van der Waals surface area contributed by atoms with Crippen LogP contribution in [0.3, 0.4) is 0 Å². The van der Waals surface area contributed by atoms with E-state index in [1.54, 1.807) is 38.1 Å². The fourth-order valence-electron chi connectivity index (χ4n) is 2.78. The standard InChI is InChI=1S/C17H19ClN2O4/c1-4-19-16(22)13-9-14(21)20(10(2)15(13)17(23)24-3)12-7-5-11(18)6-8-12/h5-8,13H,4,9H2,1-3H3,(H,19,22)/t13-/m0/s1. The van der Waals surface area contributed by atoms with Crippen LogP contribution in [-0.4, -0.2) is 31.4 Å². The van der Waals surface area contributed by atoms with E-state index in [1.165, 1.54) is 12.0 Å². The molecule has 2 amide bonds. The van der Waals surface area contributed by atoms with Gasteiger partial charge in [0.2, 0.25) is 11.8 Å². The number of anilines is 1. The van der Waals surface area contributed by atoms with Crippen LogP contribution in [0.2, 0.25) is 5.02 Å². The number of esters is 1. The largest absolute Gasteiger partial charge is 0.466 e. The molecule has 0 unspecified atom stereocenters. The molecule has 1 aromatic carbocycles. The van der Waals surface area contributed by atoms with Crippen LogP contribution in [0.4, 0.5) is 5.69 Å². The van der Waals surface area contributed by atoms with Crippen molar-refractivity contribution in [3.8, 4) is 0 Å². The highest BCUT2D eigenvalue weighted by Crippen LogP contribution is 2.33. The fraction of sp³-hybridized carbons (Fsp3) is 0.353. The van der Waals surface area contributed by atoms with Crippen molar-refractivity contribution in [1.29, 1.82) is 0 Å². The van der Waals surface area contributed by atoms with Gasteiger partial charge in [-0.2, -0.15) is 0 Å². The van der Waals surface area contributed by atoms with E-state index in [9.17, 15) is 14.4 Å². The summed E-state index contributed by atoms with van der Waals surface area (Å²) in [7, 11) is 1.25. The van der Waals surface area contributed by atoms with Crippen LogP contribution < -0.4 is 10.2 Å². The van der Waals surface area contributed by atoms with Crippen LogP contribution in [0.1, 0.15) is 20.3 Å². The first kappa shape index (κ1) is 18.0. The van der Waals surface area contributed by atoms with Crippen LogP contribution in [0, 0.1) is 5.92 Å². The molecule has 1 heterocycles. The summed E-state index contributed by atoms with van der Waals surface area (Å²) in [5.41, 5.74) is 1.16. The molecule has 0 spiro atoms. The number of benzene rings is 1. The number of allylic oxidation sites excluding steroid dienone is 1. The number of carbonyl (C=O) groups is 3. The van der Waals surface area contributed by atoms with Crippen molar-refractivity contribution in [2.45, 2.75) is 20.3 Å². The first-order valence-electron chi connectivity index (χ1n) is 7.56. The third-order valence-corrected chi connectivity index (χ3v) is 4.11. The van der Waals surface area contributed by atoms with E-state index < -0.39 is 11.9 Å². The van der Waals surface area contributed by atoms with E-state index >= 15 is 0 Å². The first-order chi connectivity index (χ1) is 11.4. The molecule has 1 aliphatic rings. The summed E-state index contributed by atoms with van der Waals surface area (Å²) in [5, 5.41) is 3.20. The van der Waals surface area contributed by atoms with E-state index in [2.05, 4.69) is 5.32 Å². The summed E-state index contributed by atoms with van der Waals surface area (Å²) in [6.45, 7) is 3.82. The van der Waals surface area contributed by atoms with Gasteiger partial charge in [0.15, 0.2) is 0 Å². The van der Waals surface area contributed by atoms with E-state index in [-0.39, 0.29) is 23.8 Å². The average Bonchev–Trinajstić information content (AvgIpc) is 2.55. The molecule has 0 radical (unpaired) electrons. The minimum absolute atomic E-state index is 0.101. The van der Waals surface area contributed by atoms with Gasteiger partial charge in [-0.3, -0.25) is 14.5 Å². The summed E-state index contributed by atoms with van der Waals surface area (Å²) in [4.78, 5) is 38.5. The normalized spacial score (nSPS) is 17.8. The molecule has 1 atom stereocenters. The molecule has 7 heteroatoms. The highest BCUT2D eigenvalue weighted by Gasteiger charge is 2.40. The molecular weight excluding hydrogens is 332 g/mol. The lowest BCUT2D eigenvalue weighted by Gasteiger charge is -2.33. The average molecular weight is 351 g/mol. The van der Waals surface area contributed by atoms with Crippen molar-refractivity contribution < 1.29 is 19.1 Å². The van der Waals surface area contributed by atoms with Crippen molar-refractivity contribution in [2.75, 3.05) is 18.6 Å². The molecule has 2 rings (SSSR count). The van der Waals surface area contributed by atoms with Crippen molar-refractivity contribution >= 4 is 35.1 Å². The molecule has 0 bridgehead atoms. The Hall–Kier alpha value is -2.34. The first-order valence-corrected chi connectivity index (χ1v) is 7.93. The van der Waals surface area contributed by atoms with Crippen LogP contribution in [0.15, 0.2) is 35.5 Å². The minimum atomic E-state index is -0.853. The topological polar surface area (TPSA) is 75.7 Å². The summed E-state index contributed by atoms with van der Waals surface area (Å²) in [6.07, 6.45) is -0.101. The maximum atomic E-state index is 12.6. The number of ether oxygens (including phenoxy) is 1. The third kappa shape index (κ3) is 3.43. The minimum Gasteiger partial charge on any atom is -0.466 e. The number of hydrogen-bond acceptors (Lipinski definition) is 4. The van der Waals surface area contributed by atoms with Crippen LogP contribution in [-0.2, 0) is 19.1 Å². The van der Waals surface area contributed by atoms with Gasteiger partial charge in [-0.25, -0.2) is 4.79 Å².